The van der Waals surface area contributed by atoms with Crippen LogP contribution in [0.3, 0.4) is 0 Å². The van der Waals surface area contributed by atoms with Crippen LogP contribution in [0.25, 0.3) is 10.9 Å². The summed E-state index contributed by atoms with van der Waals surface area (Å²) in [6.45, 7) is 2.30. The van der Waals surface area contributed by atoms with Crippen LogP contribution in [0.4, 0.5) is 11.4 Å². The number of hydrogen-bond donors (Lipinski definition) is 2. The molecule has 0 atom stereocenters. The summed E-state index contributed by atoms with van der Waals surface area (Å²) < 4.78 is 4.86. The minimum Gasteiger partial charge on any atom is -0.465 e. The average Bonchev–Trinajstić information content (AvgIpc) is 2.36. The molecule has 0 aliphatic carbocycles. The Morgan fingerprint density at radius 1 is 1.44 bits per heavy atom. The summed E-state index contributed by atoms with van der Waals surface area (Å²) in [5.74, 6) is -0.280. The molecule has 0 radical (unpaired) electrons. The molecule has 5 heteroatoms. The highest BCUT2D eigenvalue weighted by Crippen LogP contribution is 2.22. The Labute approximate surface area is 105 Å². The van der Waals surface area contributed by atoms with Gasteiger partial charge in [0.1, 0.15) is 6.54 Å². The summed E-state index contributed by atoms with van der Waals surface area (Å²) in [7, 11) is 0. The number of anilines is 2. The van der Waals surface area contributed by atoms with Gasteiger partial charge in [0, 0.05) is 23.0 Å². The van der Waals surface area contributed by atoms with Gasteiger partial charge in [0.15, 0.2) is 0 Å². The maximum atomic E-state index is 11.3. The predicted molar refractivity (Wildman–Crippen MR) is 71.3 cm³/mol. The average molecular weight is 245 g/mol. The van der Waals surface area contributed by atoms with Crippen LogP contribution in [-0.4, -0.2) is 24.1 Å². The topological polar surface area (TPSA) is 77.2 Å². The lowest BCUT2D eigenvalue weighted by atomic mass is 10.1. The number of carbonyl (C=O) groups is 1. The van der Waals surface area contributed by atoms with Crippen molar-refractivity contribution in [3.63, 3.8) is 0 Å². The molecule has 0 spiro atoms. The summed E-state index contributed by atoms with van der Waals surface area (Å²) in [5, 5.41) is 3.96. The van der Waals surface area contributed by atoms with E-state index in [1.54, 1.807) is 25.3 Å². The first-order valence-corrected chi connectivity index (χ1v) is 5.74. The third kappa shape index (κ3) is 2.68. The van der Waals surface area contributed by atoms with Crippen LogP contribution in [0.2, 0.25) is 0 Å². The van der Waals surface area contributed by atoms with Crippen molar-refractivity contribution in [1.29, 1.82) is 0 Å². The number of nitrogens with one attached hydrogen (secondary N) is 1. The van der Waals surface area contributed by atoms with Gasteiger partial charge in [-0.3, -0.25) is 9.78 Å². The second-order valence-corrected chi connectivity index (χ2v) is 3.79. The van der Waals surface area contributed by atoms with Crippen LogP contribution >= 0.6 is 0 Å². The Morgan fingerprint density at radius 2 is 2.28 bits per heavy atom. The molecule has 0 amide bonds. The fourth-order valence-electron chi connectivity index (χ4n) is 1.70. The van der Waals surface area contributed by atoms with E-state index in [9.17, 15) is 4.79 Å². The molecule has 0 aliphatic heterocycles. The van der Waals surface area contributed by atoms with E-state index in [1.165, 1.54) is 0 Å². The monoisotopic (exact) mass is 245 g/mol. The lowest BCUT2D eigenvalue weighted by Gasteiger charge is -2.09. The number of nitrogen functional groups attached to an aromatic ring is 1. The Kier molecular flexibility index (Phi) is 3.62. The zero-order valence-corrected chi connectivity index (χ0v) is 10.1. The molecule has 94 valence electrons. The molecule has 1 aromatic heterocycles. The molecule has 1 aromatic carbocycles. The number of aromatic nitrogens is 1. The van der Waals surface area contributed by atoms with Gasteiger partial charge in [0.05, 0.1) is 12.1 Å². The Hall–Kier alpha value is -2.30. The molecule has 2 rings (SSSR count). The summed E-state index contributed by atoms with van der Waals surface area (Å²) in [6, 6.07) is 7.30. The summed E-state index contributed by atoms with van der Waals surface area (Å²) in [4.78, 5) is 15.5. The van der Waals surface area contributed by atoms with E-state index < -0.39 is 0 Å². The number of nitrogens with two attached hydrogens (primary N) is 1. The Morgan fingerprint density at radius 3 is 3.06 bits per heavy atom. The van der Waals surface area contributed by atoms with Crippen molar-refractivity contribution >= 4 is 28.2 Å². The van der Waals surface area contributed by atoms with E-state index in [2.05, 4.69) is 10.3 Å². The maximum absolute atomic E-state index is 11.3. The van der Waals surface area contributed by atoms with Gasteiger partial charge in [-0.1, -0.05) is 0 Å². The minimum atomic E-state index is -0.280. The molecule has 1 heterocycles. The fraction of sp³-hybridized carbons (Fsp3) is 0.231. The van der Waals surface area contributed by atoms with Crippen LogP contribution in [0.5, 0.6) is 0 Å². The highest BCUT2D eigenvalue weighted by Gasteiger charge is 2.05. The summed E-state index contributed by atoms with van der Waals surface area (Å²) >= 11 is 0. The molecule has 0 saturated carbocycles. The smallest absolute Gasteiger partial charge is 0.325 e. The largest absolute Gasteiger partial charge is 0.465 e. The normalized spacial score (nSPS) is 10.3. The quantitative estimate of drug-likeness (QED) is 0.634. The predicted octanol–water partition coefficient (Wildman–Crippen LogP) is 1.79. The van der Waals surface area contributed by atoms with Gasteiger partial charge in [-0.25, -0.2) is 0 Å². The minimum absolute atomic E-state index is 0.136. The van der Waals surface area contributed by atoms with Crippen LogP contribution in [0.1, 0.15) is 6.92 Å². The second-order valence-electron chi connectivity index (χ2n) is 3.79. The number of pyridine rings is 1. The van der Waals surface area contributed by atoms with E-state index in [1.807, 2.05) is 12.1 Å². The molecule has 2 aromatic rings. The van der Waals surface area contributed by atoms with Crippen LogP contribution < -0.4 is 11.1 Å². The van der Waals surface area contributed by atoms with Gasteiger partial charge in [-0.2, -0.15) is 0 Å². The number of fused-ring (bicyclic) bond motifs is 1. The van der Waals surface area contributed by atoms with Crippen LogP contribution in [0.15, 0.2) is 30.5 Å². The van der Waals surface area contributed by atoms with Crippen molar-refractivity contribution in [2.75, 3.05) is 24.2 Å². The van der Waals surface area contributed by atoms with Crippen molar-refractivity contribution in [1.82, 2.24) is 4.98 Å². The highest BCUT2D eigenvalue weighted by molar-refractivity contribution is 5.93. The maximum Gasteiger partial charge on any atom is 0.325 e. The van der Waals surface area contributed by atoms with E-state index in [0.717, 1.165) is 16.6 Å². The first kappa shape index (κ1) is 12.2. The molecule has 0 saturated heterocycles. The fourth-order valence-corrected chi connectivity index (χ4v) is 1.70. The lowest BCUT2D eigenvalue weighted by molar-refractivity contribution is -0.140. The van der Waals surface area contributed by atoms with Gasteiger partial charge in [0.25, 0.3) is 0 Å². The van der Waals surface area contributed by atoms with Crippen LogP contribution in [0, 0.1) is 0 Å². The van der Waals surface area contributed by atoms with E-state index in [4.69, 9.17) is 10.5 Å². The number of benzene rings is 1. The summed E-state index contributed by atoms with van der Waals surface area (Å²) in [6.07, 6.45) is 1.68. The molecule has 5 nitrogen and oxygen atoms in total. The highest BCUT2D eigenvalue weighted by atomic mass is 16.5. The van der Waals surface area contributed by atoms with Crippen LogP contribution in [-0.2, 0) is 9.53 Å². The van der Waals surface area contributed by atoms with Gasteiger partial charge < -0.3 is 15.8 Å². The van der Waals surface area contributed by atoms with Crippen molar-refractivity contribution in [2.24, 2.45) is 0 Å². The number of nitrogens with zero attached hydrogens (tertiary/aromatic N) is 1. The number of esters is 1. The van der Waals surface area contributed by atoms with Crippen molar-refractivity contribution in [3.8, 4) is 0 Å². The summed E-state index contributed by atoms with van der Waals surface area (Å²) in [5.41, 5.74) is 8.00. The zero-order valence-electron chi connectivity index (χ0n) is 10.1. The SMILES string of the molecule is CCOC(=O)CNc1ccnc2cc(N)ccc12. The van der Waals surface area contributed by atoms with Crippen molar-refractivity contribution in [2.45, 2.75) is 6.92 Å². The molecule has 0 unspecified atom stereocenters. The Bertz CT molecular complexity index is 569. The van der Waals surface area contributed by atoms with E-state index in [0.29, 0.717) is 12.3 Å². The van der Waals surface area contributed by atoms with E-state index in [-0.39, 0.29) is 12.5 Å². The van der Waals surface area contributed by atoms with E-state index >= 15 is 0 Å². The molecule has 0 aliphatic rings. The van der Waals surface area contributed by atoms with Crippen molar-refractivity contribution < 1.29 is 9.53 Å². The number of carbonyl (C=O) groups excluding carboxylic acids is 1. The third-order valence-electron chi connectivity index (χ3n) is 2.50. The molecular formula is C13H15N3O2. The molecule has 18 heavy (non-hydrogen) atoms. The zero-order chi connectivity index (χ0) is 13.0. The van der Waals surface area contributed by atoms with Gasteiger partial charge in [-0.15, -0.1) is 0 Å². The lowest BCUT2D eigenvalue weighted by Crippen LogP contribution is -2.16. The van der Waals surface area contributed by atoms with Gasteiger partial charge in [0.2, 0.25) is 0 Å². The van der Waals surface area contributed by atoms with Gasteiger partial charge >= 0.3 is 5.97 Å². The molecular weight excluding hydrogens is 230 g/mol. The van der Waals surface area contributed by atoms with Gasteiger partial charge in [-0.05, 0) is 31.2 Å². The number of rotatable bonds is 4. The Balaban J connectivity index is 2.20. The molecule has 0 fully saturated rings. The standard InChI is InChI=1S/C13H15N3O2/c1-2-18-13(17)8-16-11-5-6-15-12-7-9(14)3-4-10(11)12/h3-7H,2,8,14H2,1H3,(H,15,16). The third-order valence-corrected chi connectivity index (χ3v) is 2.50. The number of ether oxygens (including phenoxy) is 1. The number of hydrogen-bond acceptors (Lipinski definition) is 5. The molecule has 0 bridgehead atoms. The van der Waals surface area contributed by atoms with Crippen molar-refractivity contribution in [3.05, 3.63) is 30.5 Å². The first-order chi connectivity index (χ1) is 8.70. The second kappa shape index (κ2) is 5.35. The molecule has 3 N–H and O–H groups in total. The first-order valence-electron chi connectivity index (χ1n) is 5.74.